The third-order valence-electron chi connectivity index (χ3n) is 5.50. The first-order valence-corrected chi connectivity index (χ1v) is 9.28. The predicted octanol–water partition coefficient (Wildman–Crippen LogP) is 2.60. The van der Waals surface area contributed by atoms with Crippen molar-refractivity contribution in [3.05, 3.63) is 0 Å². The van der Waals surface area contributed by atoms with Gasteiger partial charge in [0.05, 0.1) is 0 Å². The maximum atomic E-state index is 12.3. The zero-order chi connectivity index (χ0) is 16.6. The second kappa shape index (κ2) is 6.60. The highest BCUT2D eigenvalue weighted by Gasteiger charge is 2.39. The van der Waals surface area contributed by atoms with E-state index in [-0.39, 0.29) is 6.09 Å². The summed E-state index contributed by atoms with van der Waals surface area (Å²) in [6.07, 6.45) is 7.31. The first-order chi connectivity index (χ1) is 10.8. The molecule has 2 saturated heterocycles. The summed E-state index contributed by atoms with van der Waals surface area (Å²) in [5.41, 5.74) is -0.412. The number of hydrogen-bond donors (Lipinski definition) is 1. The molecule has 1 N–H and O–H groups in total. The molecule has 0 aromatic heterocycles. The molecule has 2 bridgehead atoms. The van der Waals surface area contributed by atoms with Crippen molar-refractivity contribution in [2.75, 3.05) is 20.1 Å². The smallest absolute Gasteiger partial charge is 0.410 e. The second-order valence-electron chi connectivity index (χ2n) is 8.58. The van der Waals surface area contributed by atoms with Crippen LogP contribution in [0.25, 0.3) is 0 Å². The van der Waals surface area contributed by atoms with E-state index >= 15 is 0 Å². The van der Waals surface area contributed by atoms with Gasteiger partial charge in [0.15, 0.2) is 0 Å². The zero-order valence-electron chi connectivity index (χ0n) is 15.2. The molecule has 23 heavy (non-hydrogen) atoms. The Morgan fingerprint density at radius 2 is 1.78 bits per heavy atom. The lowest BCUT2D eigenvalue weighted by Gasteiger charge is -2.37. The Labute approximate surface area is 140 Å². The molecule has 0 spiro atoms. The van der Waals surface area contributed by atoms with Crippen molar-refractivity contribution < 1.29 is 9.53 Å². The normalized spacial score (nSPS) is 31.2. The SMILES string of the molecule is CN1C2CCC1CC(NCCN(C(=O)OC(C)(C)C)C1CC1)C2. The van der Waals surface area contributed by atoms with Crippen LogP contribution in [0.15, 0.2) is 0 Å². The Morgan fingerprint density at radius 1 is 1.17 bits per heavy atom. The van der Waals surface area contributed by atoms with Gasteiger partial charge >= 0.3 is 6.09 Å². The molecule has 0 aromatic carbocycles. The number of carbonyl (C=O) groups is 1. The van der Waals surface area contributed by atoms with Crippen LogP contribution in [0.3, 0.4) is 0 Å². The molecule has 3 fully saturated rings. The van der Waals surface area contributed by atoms with E-state index in [0.717, 1.165) is 38.0 Å². The van der Waals surface area contributed by atoms with E-state index in [0.29, 0.717) is 12.1 Å². The molecule has 2 unspecified atom stereocenters. The van der Waals surface area contributed by atoms with Crippen LogP contribution in [-0.2, 0) is 4.74 Å². The summed E-state index contributed by atoms with van der Waals surface area (Å²) in [6.45, 7) is 7.44. The molecule has 2 atom stereocenters. The van der Waals surface area contributed by atoms with Crippen LogP contribution < -0.4 is 5.32 Å². The number of nitrogens with zero attached hydrogens (tertiary/aromatic N) is 2. The van der Waals surface area contributed by atoms with Crippen molar-refractivity contribution in [3.63, 3.8) is 0 Å². The Morgan fingerprint density at radius 3 is 2.30 bits per heavy atom. The Kier molecular flexibility index (Phi) is 4.88. The summed E-state index contributed by atoms with van der Waals surface area (Å²) in [5, 5.41) is 3.70. The summed E-state index contributed by atoms with van der Waals surface area (Å²) in [7, 11) is 2.27. The van der Waals surface area contributed by atoms with Crippen molar-refractivity contribution in [1.82, 2.24) is 15.1 Å². The summed E-state index contributed by atoms with van der Waals surface area (Å²) in [5.74, 6) is 0. The maximum Gasteiger partial charge on any atom is 0.410 e. The molecule has 3 rings (SSSR count). The summed E-state index contributed by atoms with van der Waals surface area (Å²) < 4.78 is 5.55. The van der Waals surface area contributed by atoms with Crippen molar-refractivity contribution in [3.8, 4) is 0 Å². The Balaban J connectivity index is 1.44. The van der Waals surface area contributed by atoms with Gasteiger partial charge in [-0.1, -0.05) is 0 Å². The average Bonchev–Trinajstić information content (AvgIpc) is 3.24. The van der Waals surface area contributed by atoms with Gasteiger partial charge in [0, 0.05) is 37.3 Å². The van der Waals surface area contributed by atoms with E-state index in [4.69, 9.17) is 4.74 Å². The highest BCUT2D eigenvalue weighted by molar-refractivity contribution is 5.69. The molecule has 1 aliphatic carbocycles. The van der Waals surface area contributed by atoms with Gasteiger partial charge in [-0.15, -0.1) is 0 Å². The Hall–Kier alpha value is -0.810. The lowest BCUT2D eigenvalue weighted by Crippen LogP contribution is -2.49. The summed E-state index contributed by atoms with van der Waals surface area (Å²) in [6, 6.07) is 2.54. The van der Waals surface area contributed by atoms with Crippen LogP contribution >= 0.6 is 0 Å². The van der Waals surface area contributed by atoms with Crippen LogP contribution in [-0.4, -0.2) is 65.8 Å². The van der Waals surface area contributed by atoms with E-state index in [2.05, 4.69) is 17.3 Å². The number of rotatable bonds is 5. The maximum absolute atomic E-state index is 12.3. The van der Waals surface area contributed by atoms with Crippen LogP contribution in [0, 0.1) is 0 Å². The molecule has 2 heterocycles. The molecule has 0 aromatic rings. The third kappa shape index (κ3) is 4.38. The molecule has 5 heteroatoms. The number of ether oxygens (including phenoxy) is 1. The van der Waals surface area contributed by atoms with Crippen molar-refractivity contribution in [2.24, 2.45) is 0 Å². The van der Waals surface area contributed by atoms with E-state index in [1.54, 1.807) is 0 Å². The number of piperidine rings is 1. The van der Waals surface area contributed by atoms with Crippen molar-refractivity contribution in [1.29, 1.82) is 0 Å². The van der Waals surface area contributed by atoms with E-state index in [1.807, 2.05) is 25.7 Å². The lowest BCUT2D eigenvalue weighted by molar-refractivity contribution is 0.0232. The molecule has 1 amide bonds. The van der Waals surface area contributed by atoms with Gasteiger partial charge in [-0.3, -0.25) is 0 Å². The van der Waals surface area contributed by atoms with E-state index < -0.39 is 5.60 Å². The van der Waals surface area contributed by atoms with Gasteiger partial charge < -0.3 is 19.9 Å². The summed E-state index contributed by atoms with van der Waals surface area (Å²) in [4.78, 5) is 16.8. The van der Waals surface area contributed by atoms with Gasteiger partial charge in [-0.25, -0.2) is 4.79 Å². The van der Waals surface area contributed by atoms with Gasteiger partial charge in [0.1, 0.15) is 5.60 Å². The monoisotopic (exact) mass is 323 g/mol. The van der Waals surface area contributed by atoms with Crippen molar-refractivity contribution >= 4 is 6.09 Å². The fourth-order valence-corrected chi connectivity index (χ4v) is 4.10. The molecule has 132 valence electrons. The fraction of sp³-hybridized carbons (Fsp3) is 0.944. The average molecular weight is 323 g/mol. The first kappa shape index (κ1) is 17.0. The summed E-state index contributed by atoms with van der Waals surface area (Å²) >= 11 is 0. The number of nitrogens with one attached hydrogen (secondary N) is 1. The molecule has 0 radical (unpaired) electrons. The molecule has 1 saturated carbocycles. The predicted molar refractivity (Wildman–Crippen MR) is 91.6 cm³/mol. The minimum atomic E-state index is -0.412. The van der Waals surface area contributed by atoms with Crippen LogP contribution in [0.5, 0.6) is 0 Å². The molecule has 2 aliphatic heterocycles. The standard InChI is InChI=1S/C18H33N3O2/c1-18(2,3)23-17(22)21(14-5-6-14)10-9-19-13-11-15-7-8-16(12-13)20(15)4/h13-16,19H,5-12H2,1-4H3. The van der Waals surface area contributed by atoms with Gasteiger partial charge in [0.2, 0.25) is 0 Å². The minimum Gasteiger partial charge on any atom is -0.444 e. The number of fused-ring (bicyclic) bond motifs is 2. The van der Waals surface area contributed by atoms with Gasteiger partial charge in [-0.2, -0.15) is 0 Å². The molecule has 5 nitrogen and oxygen atoms in total. The number of amides is 1. The van der Waals surface area contributed by atoms with E-state index in [9.17, 15) is 4.79 Å². The van der Waals surface area contributed by atoms with Crippen LogP contribution in [0.2, 0.25) is 0 Å². The fourth-order valence-electron chi connectivity index (χ4n) is 4.10. The molecular weight excluding hydrogens is 290 g/mol. The molecule has 3 aliphatic rings. The number of hydrogen-bond acceptors (Lipinski definition) is 4. The first-order valence-electron chi connectivity index (χ1n) is 9.28. The van der Waals surface area contributed by atoms with Crippen LogP contribution in [0.4, 0.5) is 4.79 Å². The third-order valence-corrected chi connectivity index (χ3v) is 5.50. The number of carbonyl (C=O) groups excluding carboxylic acids is 1. The highest BCUT2D eigenvalue weighted by atomic mass is 16.6. The van der Waals surface area contributed by atoms with E-state index in [1.165, 1.54) is 25.7 Å². The Bertz CT molecular complexity index is 416. The van der Waals surface area contributed by atoms with Crippen LogP contribution in [0.1, 0.15) is 59.3 Å². The highest BCUT2D eigenvalue weighted by Crippen LogP contribution is 2.34. The zero-order valence-corrected chi connectivity index (χ0v) is 15.2. The van der Waals surface area contributed by atoms with Gasteiger partial charge in [-0.05, 0) is 66.3 Å². The lowest BCUT2D eigenvalue weighted by atomic mass is 9.98. The minimum absolute atomic E-state index is 0.148. The quantitative estimate of drug-likeness (QED) is 0.845. The van der Waals surface area contributed by atoms with Gasteiger partial charge in [0.25, 0.3) is 0 Å². The van der Waals surface area contributed by atoms with Crippen molar-refractivity contribution in [2.45, 2.75) is 89.1 Å². The topological polar surface area (TPSA) is 44.8 Å². The molecular formula is C18H33N3O2. The second-order valence-corrected chi connectivity index (χ2v) is 8.58. The largest absolute Gasteiger partial charge is 0.444 e.